The number of nitrogens with zero attached hydrogens (tertiary/aromatic N) is 1. The highest BCUT2D eigenvalue weighted by Gasteiger charge is 2.18. The summed E-state index contributed by atoms with van der Waals surface area (Å²) in [4.78, 5) is 35.3. The summed E-state index contributed by atoms with van der Waals surface area (Å²) < 4.78 is 0. The van der Waals surface area contributed by atoms with Crippen molar-refractivity contribution < 1.29 is 19.8 Å². The fourth-order valence-electron chi connectivity index (χ4n) is 4.21. The molecule has 2 heterocycles. The number of aromatic nitrogens is 1. The first-order valence-corrected chi connectivity index (χ1v) is 12.1. The minimum Gasteiger partial charge on any atom is -0.473 e. The van der Waals surface area contributed by atoms with E-state index in [4.69, 9.17) is 19.8 Å². The van der Waals surface area contributed by atoms with Crippen molar-refractivity contribution in [2.45, 2.75) is 32.2 Å². The lowest BCUT2D eigenvalue weighted by Gasteiger charge is -2.30. The smallest absolute Gasteiger partial charge is 0.414 e. The van der Waals surface area contributed by atoms with Gasteiger partial charge >= 0.3 is 11.9 Å². The molecule has 0 spiro atoms. The molecule has 0 saturated carbocycles. The molecular formula is C29H32N2O5. The highest BCUT2D eigenvalue weighted by atomic mass is 16.4. The Hall–Kier alpha value is -3.97. The van der Waals surface area contributed by atoms with E-state index in [1.165, 1.54) is 16.7 Å². The average molecular weight is 489 g/mol. The van der Waals surface area contributed by atoms with Gasteiger partial charge in [0.05, 0.1) is 0 Å². The first kappa shape index (κ1) is 26.6. The number of pyridine rings is 1. The number of H-pyrrole nitrogens is 1. The number of aryl methyl sites for hydroxylation is 2. The van der Waals surface area contributed by atoms with E-state index in [2.05, 4.69) is 76.6 Å². The standard InChI is InChI=1S/C27H30N2O.C2H2O4/c30-27-26(11-6-18-28-27)21-29-19-16-23(17-20-29)13-15-25-10-5-4-9-24(25)14-12-22-7-2-1-3-8-22;3-1(4)2(5)6/h1-11,13,15,18,23H,12,14,16-17,19-21H2,(H,28,30);(H,3,4)(H,5,6)/b15-13+;. The maximum absolute atomic E-state index is 11.9. The van der Waals surface area contributed by atoms with Gasteiger partial charge in [-0.3, -0.25) is 9.69 Å². The van der Waals surface area contributed by atoms with E-state index in [1.54, 1.807) is 6.20 Å². The number of aromatic amines is 1. The Balaban J connectivity index is 0.000000538. The molecule has 0 amide bonds. The summed E-state index contributed by atoms with van der Waals surface area (Å²) in [6.07, 6.45) is 10.8. The Kier molecular flexibility index (Phi) is 10.2. The van der Waals surface area contributed by atoms with Crippen LogP contribution in [-0.4, -0.2) is 45.1 Å². The molecule has 1 saturated heterocycles. The first-order chi connectivity index (χ1) is 17.4. The van der Waals surface area contributed by atoms with Gasteiger partial charge in [0.15, 0.2) is 0 Å². The maximum atomic E-state index is 11.9. The number of hydrogen-bond donors (Lipinski definition) is 3. The van der Waals surface area contributed by atoms with Crippen LogP contribution in [0.4, 0.5) is 0 Å². The van der Waals surface area contributed by atoms with E-state index in [1.807, 2.05) is 12.1 Å². The summed E-state index contributed by atoms with van der Waals surface area (Å²) in [6.45, 7) is 2.83. The number of carbonyl (C=O) groups is 2. The molecule has 1 aliphatic rings. The molecule has 1 aliphatic heterocycles. The molecule has 36 heavy (non-hydrogen) atoms. The molecule has 0 aliphatic carbocycles. The number of carboxylic acid groups (broad SMARTS) is 2. The van der Waals surface area contributed by atoms with Crippen molar-refractivity contribution in [3.05, 3.63) is 112 Å². The van der Waals surface area contributed by atoms with Crippen molar-refractivity contribution >= 4 is 18.0 Å². The number of benzene rings is 2. The lowest BCUT2D eigenvalue weighted by Crippen LogP contribution is -2.34. The molecule has 1 fully saturated rings. The Bertz CT molecular complexity index is 1200. The van der Waals surface area contributed by atoms with Gasteiger partial charge in [-0.1, -0.05) is 72.8 Å². The van der Waals surface area contributed by atoms with Crippen molar-refractivity contribution in [1.82, 2.24) is 9.88 Å². The van der Waals surface area contributed by atoms with Crippen LogP contribution < -0.4 is 5.56 Å². The molecule has 0 unspecified atom stereocenters. The third-order valence-electron chi connectivity index (χ3n) is 6.24. The molecule has 7 nitrogen and oxygen atoms in total. The second-order valence-electron chi connectivity index (χ2n) is 8.79. The predicted octanol–water partition coefficient (Wildman–Crippen LogP) is 4.24. The Morgan fingerprint density at radius 3 is 2.17 bits per heavy atom. The van der Waals surface area contributed by atoms with Crippen LogP contribution in [0, 0.1) is 5.92 Å². The van der Waals surface area contributed by atoms with Crippen LogP contribution in [0.5, 0.6) is 0 Å². The number of rotatable bonds is 7. The van der Waals surface area contributed by atoms with E-state index in [0.29, 0.717) is 5.92 Å². The molecule has 2 aromatic carbocycles. The molecule has 3 N–H and O–H groups in total. The van der Waals surface area contributed by atoms with Gasteiger partial charge in [0.2, 0.25) is 0 Å². The van der Waals surface area contributed by atoms with Crippen LogP contribution in [0.15, 0.2) is 83.8 Å². The van der Waals surface area contributed by atoms with Crippen LogP contribution in [0.25, 0.3) is 6.08 Å². The summed E-state index contributed by atoms with van der Waals surface area (Å²) in [6, 6.07) is 23.3. The quantitative estimate of drug-likeness (QED) is 0.429. The number of aliphatic carboxylic acids is 2. The lowest BCUT2D eigenvalue weighted by molar-refractivity contribution is -0.159. The van der Waals surface area contributed by atoms with Gasteiger partial charge in [0, 0.05) is 18.3 Å². The minimum atomic E-state index is -1.82. The number of hydrogen-bond acceptors (Lipinski definition) is 4. The van der Waals surface area contributed by atoms with Crippen molar-refractivity contribution in [3.63, 3.8) is 0 Å². The van der Waals surface area contributed by atoms with Crippen molar-refractivity contribution in [3.8, 4) is 0 Å². The monoisotopic (exact) mass is 488 g/mol. The second kappa shape index (κ2) is 13.8. The summed E-state index contributed by atoms with van der Waals surface area (Å²) in [5.74, 6) is -3.04. The van der Waals surface area contributed by atoms with Crippen LogP contribution in [0.3, 0.4) is 0 Å². The average Bonchev–Trinajstić information content (AvgIpc) is 2.90. The molecule has 3 aromatic rings. The number of piperidine rings is 1. The largest absolute Gasteiger partial charge is 0.473 e. The maximum Gasteiger partial charge on any atom is 0.414 e. The summed E-state index contributed by atoms with van der Waals surface area (Å²) in [5.41, 5.74) is 5.04. The third kappa shape index (κ3) is 8.67. The minimum absolute atomic E-state index is 0.0339. The molecule has 188 valence electrons. The van der Waals surface area contributed by atoms with Gasteiger partial charge in [0.1, 0.15) is 0 Å². The van der Waals surface area contributed by atoms with Gasteiger partial charge in [-0.25, -0.2) is 9.59 Å². The van der Waals surface area contributed by atoms with Crippen LogP contribution in [-0.2, 0) is 29.0 Å². The number of carboxylic acids is 2. The predicted molar refractivity (Wildman–Crippen MR) is 140 cm³/mol. The van der Waals surface area contributed by atoms with E-state index < -0.39 is 11.9 Å². The molecule has 7 heteroatoms. The van der Waals surface area contributed by atoms with Crippen molar-refractivity contribution in [2.75, 3.05) is 13.1 Å². The molecular weight excluding hydrogens is 456 g/mol. The molecule has 0 bridgehead atoms. The third-order valence-corrected chi connectivity index (χ3v) is 6.24. The van der Waals surface area contributed by atoms with Crippen LogP contribution in [0.1, 0.15) is 35.1 Å². The zero-order chi connectivity index (χ0) is 25.8. The zero-order valence-electron chi connectivity index (χ0n) is 20.2. The number of nitrogens with one attached hydrogen (secondary N) is 1. The SMILES string of the molecule is O=C(O)C(=O)O.O=c1[nH]cccc1CN1CCC(/C=C/c2ccccc2CCc2ccccc2)CC1. The van der Waals surface area contributed by atoms with Crippen molar-refractivity contribution in [2.24, 2.45) is 5.92 Å². The summed E-state index contributed by atoms with van der Waals surface area (Å²) >= 11 is 0. The van der Waals surface area contributed by atoms with Crippen LogP contribution >= 0.6 is 0 Å². The number of likely N-dealkylation sites (tertiary alicyclic amines) is 1. The number of allylic oxidation sites excluding steroid dienone is 1. The van der Waals surface area contributed by atoms with Gasteiger partial charge in [-0.15, -0.1) is 0 Å². The molecule has 0 atom stereocenters. The fraction of sp³-hybridized carbons (Fsp3) is 0.276. The Morgan fingerprint density at radius 1 is 0.861 bits per heavy atom. The molecule has 1 aromatic heterocycles. The Labute approximate surface area is 210 Å². The lowest BCUT2D eigenvalue weighted by atomic mass is 9.94. The van der Waals surface area contributed by atoms with Gasteiger partial charge in [0.25, 0.3) is 5.56 Å². The van der Waals surface area contributed by atoms with Gasteiger partial charge < -0.3 is 15.2 Å². The van der Waals surface area contributed by atoms with E-state index in [-0.39, 0.29) is 5.56 Å². The highest BCUT2D eigenvalue weighted by molar-refractivity contribution is 6.27. The summed E-state index contributed by atoms with van der Waals surface area (Å²) in [5, 5.41) is 14.8. The second-order valence-corrected chi connectivity index (χ2v) is 8.79. The molecule has 0 radical (unpaired) electrons. The highest BCUT2D eigenvalue weighted by Crippen LogP contribution is 2.22. The van der Waals surface area contributed by atoms with E-state index >= 15 is 0 Å². The van der Waals surface area contributed by atoms with Crippen molar-refractivity contribution in [1.29, 1.82) is 0 Å². The van der Waals surface area contributed by atoms with Gasteiger partial charge in [-0.05, 0) is 67.4 Å². The molecule has 4 rings (SSSR count). The fourth-order valence-corrected chi connectivity index (χ4v) is 4.21. The normalized spacial score (nSPS) is 14.2. The topological polar surface area (TPSA) is 111 Å². The Morgan fingerprint density at radius 2 is 1.50 bits per heavy atom. The summed E-state index contributed by atoms with van der Waals surface area (Å²) in [7, 11) is 0. The van der Waals surface area contributed by atoms with Gasteiger partial charge in [-0.2, -0.15) is 0 Å². The van der Waals surface area contributed by atoms with Crippen LogP contribution in [0.2, 0.25) is 0 Å². The zero-order valence-corrected chi connectivity index (χ0v) is 20.2. The van der Waals surface area contributed by atoms with E-state index in [9.17, 15) is 4.79 Å². The first-order valence-electron chi connectivity index (χ1n) is 12.1. The van der Waals surface area contributed by atoms with E-state index in [0.717, 1.165) is 50.9 Å².